The van der Waals surface area contributed by atoms with Crippen molar-refractivity contribution >= 4 is 17.6 Å². The van der Waals surface area contributed by atoms with Gasteiger partial charge >= 0.3 is 5.97 Å². The molecule has 100 valence electrons. The van der Waals surface area contributed by atoms with E-state index in [-0.39, 0.29) is 5.97 Å². The molecule has 1 rings (SSSR count). The lowest BCUT2D eigenvalue weighted by Gasteiger charge is -2.22. The molecule has 18 heavy (non-hydrogen) atoms. The summed E-state index contributed by atoms with van der Waals surface area (Å²) in [7, 11) is 3.36. The molecule has 1 heterocycles. The number of carbonyl (C=O) groups excluding carboxylic acids is 1. The van der Waals surface area contributed by atoms with Gasteiger partial charge in [0.15, 0.2) is 0 Å². The first-order valence-electron chi connectivity index (χ1n) is 5.90. The van der Waals surface area contributed by atoms with Crippen molar-refractivity contribution in [2.75, 3.05) is 30.9 Å². The zero-order valence-corrected chi connectivity index (χ0v) is 11.3. The number of hydrogen-bond acceptors (Lipinski definition) is 6. The number of nitrogens with one attached hydrogen (secondary N) is 1. The largest absolute Gasteiger partial charge is 0.469 e. The van der Waals surface area contributed by atoms with Gasteiger partial charge in [-0.05, 0) is 13.8 Å². The second-order valence-electron chi connectivity index (χ2n) is 4.22. The summed E-state index contributed by atoms with van der Waals surface area (Å²) in [5.74, 6) is 1.31. The molecular formula is C12H20N4O2. The average molecular weight is 252 g/mol. The molecule has 0 radical (unpaired) electrons. The van der Waals surface area contributed by atoms with Crippen LogP contribution in [0.15, 0.2) is 12.4 Å². The predicted octanol–water partition coefficient (Wildman–Crippen LogP) is 1.30. The summed E-state index contributed by atoms with van der Waals surface area (Å²) in [5.41, 5.74) is 0. The minimum atomic E-state index is -0.240. The van der Waals surface area contributed by atoms with E-state index < -0.39 is 0 Å². The van der Waals surface area contributed by atoms with Crippen LogP contribution in [0.2, 0.25) is 0 Å². The Morgan fingerprint density at radius 3 is 2.83 bits per heavy atom. The van der Waals surface area contributed by atoms with E-state index >= 15 is 0 Å². The zero-order valence-electron chi connectivity index (χ0n) is 11.3. The third kappa shape index (κ3) is 4.20. The van der Waals surface area contributed by atoms with Gasteiger partial charge in [0.05, 0.1) is 13.5 Å². The van der Waals surface area contributed by atoms with Crippen LogP contribution in [-0.4, -0.2) is 42.7 Å². The van der Waals surface area contributed by atoms with Gasteiger partial charge in [-0.2, -0.15) is 0 Å². The second kappa shape index (κ2) is 6.78. The molecule has 0 saturated heterocycles. The summed E-state index contributed by atoms with van der Waals surface area (Å²) in [6, 6.07) is 2.22. The smallest absolute Gasteiger partial charge is 0.307 e. The summed E-state index contributed by atoms with van der Waals surface area (Å²) in [4.78, 5) is 21.3. The van der Waals surface area contributed by atoms with E-state index in [1.807, 2.05) is 18.0 Å². The van der Waals surface area contributed by atoms with Gasteiger partial charge in [-0.25, -0.2) is 9.97 Å². The lowest BCUT2D eigenvalue weighted by molar-refractivity contribution is -0.140. The molecule has 0 bridgehead atoms. The van der Waals surface area contributed by atoms with E-state index in [0.717, 1.165) is 5.82 Å². The Morgan fingerprint density at radius 1 is 1.50 bits per heavy atom. The molecule has 1 aromatic rings. The second-order valence-corrected chi connectivity index (χ2v) is 4.22. The first kappa shape index (κ1) is 14.2. The van der Waals surface area contributed by atoms with Gasteiger partial charge < -0.3 is 15.0 Å². The summed E-state index contributed by atoms with van der Waals surface area (Å²) in [6.45, 7) is 4.67. The predicted molar refractivity (Wildman–Crippen MR) is 70.7 cm³/mol. The fourth-order valence-corrected chi connectivity index (χ4v) is 1.30. The Balaban J connectivity index is 2.57. The van der Waals surface area contributed by atoms with Gasteiger partial charge in [0.25, 0.3) is 0 Å². The van der Waals surface area contributed by atoms with Crippen LogP contribution < -0.4 is 10.2 Å². The third-order valence-electron chi connectivity index (χ3n) is 2.65. The van der Waals surface area contributed by atoms with Gasteiger partial charge in [-0.1, -0.05) is 0 Å². The van der Waals surface area contributed by atoms with E-state index in [4.69, 9.17) is 0 Å². The molecule has 6 heteroatoms. The van der Waals surface area contributed by atoms with Crippen molar-refractivity contribution in [1.29, 1.82) is 0 Å². The Kier molecular flexibility index (Phi) is 5.35. The first-order valence-corrected chi connectivity index (χ1v) is 5.90. The fourth-order valence-electron chi connectivity index (χ4n) is 1.30. The normalized spacial score (nSPS) is 10.3. The van der Waals surface area contributed by atoms with Crippen molar-refractivity contribution in [3.8, 4) is 0 Å². The van der Waals surface area contributed by atoms with Gasteiger partial charge in [-0.15, -0.1) is 0 Å². The Bertz CT molecular complexity index is 395. The van der Waals surface area contributed by atoms with Crippen molar-refractivity contribution in [2.45, 2.75) is 26.3 Å². The Morgan fingerprint density at radius 2 is 2.22 bits per heavy atom. The topological polar surface area (TPSA) is 67.3 Å². The lowest BCUT2D eigenvalue weighted by Crippen LogP contribution is -2.26. The van der Waals surface area contributed by atoms with Crippen LogP contribution in [0.3, 0.4) is 0 Å². The maximum atomic E-state index is 11.0. The Hall–Kier alpha value is -1.85. The number of hydrogen-bond donors (Lipinski definition) is 1. The van der Waals surface area contributed by atoms with E-state index in [1.54, 1.807) is 0 Å². The molecule has 0 aliphatic carbocycles. The van der Waals surface area contributed by atoms with Crippen LogP contribution in [0.4, 0.5) is 11.6 Å². The van der Waals surface area contributed by atoms with Gasteiger partial charge in [0, 0.05) is 25.7 Å². The van der Waals surface area contributed by atoms with Crippen molar-refractivity contribution in [2.24, 2.45) is 0 Å². The van der Waals surface area contributed by atoms with Crippen molar-refractivity contribution in [3.63, 3.8) is 0 Å². The van der Waals surface area contributed by atoms with Gasteiger partial charge in [0.2, 0.25) is 0 Å². The molecule has 1 aromatic heterocycles. The molecule has 0 aliphatic heterocycles. The molecule has 0 spiro atoms. The maximum absolute atomic E-state index is 11.0. The van der Waals surface area contributed by atoms with Crippen molar-refractivity contribution in [1.82, 2.24) is 9.97 Å². The SMILES string of the molecule is COC(=O)CCNc1cc(N(C)C(C)C)ncn1. The van der Waals surface area contributed by atoms with Gasteiger partial charge in [0.1, 0.15) is 18.0 Å². The summed E-state index contributed by atoms with van der Waals surface area (Å²) in [6.07, 6.45) is 1.82. The quantitative estimate of drug-likeness (QED) is 0.770. The molecule has 0 saturated carbocycles. The molecule has 0 atom stereocenters. The number of rotatable bonds is 6. The van der Waals surface area contributed by atoms with Gasteiger partial charge in [-0.3, -0.25) is 4.79 Å². The molecule has 0 unspecified atom stereocenters. The van der Waals surface area contributed by atoms with Crippen molar-refractivity contribution in [3.05, 3.63) is 12.4 Å². The molecular weight excluding hydrogens is 232 g/mol. The standard InChI is InChI=1S/C12H20N4O2/c1-9(2)16(3)11-7-10(14-8-15-11)13-6-5-12(17)18-4/h7-9H,5-6H2,1-4H3,(H,13,14,15). The molecule has 0 amide bonds. The minimum Gasteiger partial charge on any atom is -0.469 e. The summed E-state index contributed by atoms with van der Waals surface area (Å²) >= 11 is 0. The van der Waals surface area contributed by atoms with Crippen LogP contribution in [-0.2, 0) is 9.53 Å². The number of carbonyl (C=O) groups is 1. The van der Waals surface area contributed by atoms with E-state index in [9.17, 15) is 4.79 Å². The highest BCUT2D eigenvalue weighted by Gasteiger charge is 2.07. The van der Waals surface area contributed by atoms with E-state index in [2.05, 4.69) is 33.9 Å². The number of anilines is 2. The maximum Gasteiger partial charge on any atom is 0.307 e. The lowest BCUT2D eigenvalue weighted by atomic mass is 10.3. The first-order chi connectivity index (χ1) is 8.54. The molecule has 1 N–H and O–H groups in total. The monoisotopic (exact) mass is 252 g/mol. The third-order valence-corrected chi connectivity index (χ3v) is 2.65. The highest BCUT2D eigenvalue weighted by Crippen LogP contribution is 2.14. The van der Waals surface area contributed by atoms with Crippen LogP contribution in [0.1, 0.15) is 20.3 Å². The molecule has 0 fully saturated rings. The number of ether oxygens (including phenoxy) is 1. The average Bonchev–Trinajstić information content (AvgIpc) is 2.37. The summed E-state index contributed by atoms with van der Waals surface area (Å²) < 4.78 is 4.56. The van der Waals surface area contributed by atoms with Crippen LogP contribution in [0.25, 0.3) is 0 Å². The highest BCUT2D eigenvalue weighted by molar-refractivity contribution is 5.69. The number of aromatic nitrogens is 2. The minimum absolute atomic E-state index is 0.240. The summed E-state index contributed by atoms with van der Waals surface area (Å²) in [5, 5.41) is 3.07. The number of nitrogens with zero attached hydrogens (tertiary/aromatic N) is 3. The van der Waals surface area contributed by atoms with E-state index in [0.29, 0.717) is 24.8 Å². The highest BCUT2D eigenvalue weighted by atomic mass is 16.5. The van der Waals surface area contributed by atoms with Crippen LogP contribution >= 0.6 is 0 Å². The number of methoxy groups -OCH3 is 1. The zero-order chi connectivity index (χ0) is 13.5. The van der Waals surface area contributed by atoms with Crippen LogP contribution in [0, 0.1) is 0 Å². The Labute approximate surface area is 107 Å². The number of esters is 1. The van der Waals surface area contributed by atoms with Crippen LogP contribution in [0.5, 0.6) is 0 Å². The van der Waals surface area contributed by atoms with E-state index in [1.165, 1.54) is 13.4 Å². The molecule has 6 nitrogen and oxygen atoms in total. The van der Waals surface area contributed by atoms with Crippen molar-refractivity contribution < 1.29 is 9.53 Å². The molecule has 0 aromatic carbocycles. The fraction of sp³-hybridized carbons (Fsp3) is 0.583. The molecule has 0 aliphatic rings.